The summed E-state index contributed by atoms with van der Waals surface area (Å²) in [5.41, 5.74) is -0.567. The molecule has 1 fully saturated rings. The maximum atomic E-state index is 12.5. The molecule has 24 heavy (non-hydrogen) atoms. The molecular formula is C18H19ClO5. The van der Waals surface area contributed by atoms with E-state index < -0.39 is 23.5 Å². The van der Waals surface area contributed by atoms with E-state index in [1.54, 1.807) is 31.2 Å². The Balaban J connectivity index is 2.20. The maximum Gasteiger partial charge on any atom is 0.324 e. The molecule has 0 spiro atoms. The van der Waals surface area contributed by atoms with Crippen molar-refractivity contribution in [2.24, 2.45) is 5.41 Å². The van der Waals surface area contributed by atoms with Crippen LogP contribution < -0.4 is 0 Å². The minimum absolute atomic E-state index is 0.123. The number of ether oxygens (including phenoxy) is 3. The lowest BCUT2D eigenvalue weighted by Gasteiger charge is -2.22. The number of hydrogen-bond donors (Lipinski definition) is 0. The number of carbonyl (C=O) groups is 2. The van der Waals surface area contributed by atoms with Crippen LogP contribution in [0.25, 0.3) is 0 Å². The van der Waals surface area contributed by atoms with Gasteiger partial charge in [0.2, 0.25) is 0 Å². The minimum Gasteiger partial charge on any atom is -0.465 e. The second kappa shape index (κ2) is 8.18. The van der Waals surface area contributed by atoms with Gasteiger partial charge in [0.05, 0.1) is 13.2 Å². The van der Waals surface area contributed by atoms with Crippen molar-refractivity contribution in [3.8, 4) is 12.3 Å². The van der Waals surface area contributed by atoms with Gasteiger partial charge in [-0.3, -0.25) is 9.59 Å². The summed E-state index contributed by atoms with van der Waals surface area (Å²) in [6.07, 6.45) is 4.98. The lowest BCUT2D eigenvalue weighted by atomic mass is 9.79. The van der Waals surface area contributed by atoms with Crippen LogP contribution in [0, 0.1) is 17.8 Å². The van der Waals surface area contributed by atoms with E-state index in [-0.39, 0.29) is 32.7 Å². The van der Waals surface area contributed by atoms with Gasteiger partial charge in [0.1, 0.15) is 12.7 Å². The number of benzene rings is 1. The Hall–Kier alpha value is -2.03. The van der Waals surface area contributed by atoms with Gasteiger partial charge in [0, 0.05) is 11.4 Å². The lowest BCUT2D eigenvalue weighted by molar-refractivity contribution is -0.165. The molecule has 2 unspecified atom stereocenters. The maximum absolute atomic E-state index is 12.5. The smallest absolute Gasteiger partial charge is 0.324 e. The van der Waals surface area contributed by atoms with E-state index >= 15 is 0 Å². The van der Waals surface area contributed by atoms with Gasteiger partial charge in [-0.25, -0.2) is 0 Å². The first-order valence-electron chi connectivity index (χ1n) is 7.66. The van der Waals surface area contributed by atoms with Crippen LogP contribution in [0.15, 0.2) is 24.3 Å². The lowest BCUT2D eigenvalue weighted by Crippen LogP contribution is -2.39. The van der Waals surface area contributed by atoms with Crippen molar-refractivity contribution < 1.29 is 23.8 Å². The first kappa shape index (κ1) is 18.3. The second-order valence-electron chi connectivity index (χ2n) is 5.56. The largest absolute Gasteiger partial charge is 0.465 e. The Kier molecular flexibility index (Phi) is 6.24. The highest BCUT2D eigenvalue weighted by molar-refractivity contribution is 6.30. The van der Waals surface area contributed by atoms with Gasteiger partial charge >= 0.3 is 11.9 Å². The number of halogens is 1. The fourth-order valence-corrected chi connectivity index (χ4v) is 2.85. The van der Waals surface area contributed by atoms with Gasteiger partial charge in [0.25, 0.3) is 0 Å². The minimum atomic E-state index is -1.37. The summed E-state index contributed by atoms with van der Waals surface area (Å²) in [7, 11) is 0. The van der Waals surface area contributed by atoms with Gasteiger partial charge in [-0.05, 0) is 31.0 Å². The van der Waals surface area contributed by atoms with Crippen molar-refractivity contribution in [1.82, 2.24) is 0 Å². The molecule has 1 aliphatic rings. The summed E-state index contributed by atoms with van der Waals surface area (Å²) in [5, 5.41) is 0.582. The van der Waals surface area contributed by atoms with Crippen LogP contribution in [0.2, 0.25) is 5.02 Å². The highest BCUT2D eigenvalue weighted by atomic mass is 35.5. The van der Waals surface area contributed by atoms with E-state index in [0.29, 0.717) is 5.02 Å². The summed E-state index contributed by atoms with van der Waals surface area (Å²) >= 11 is 5.88. The van der Waals surface area contributed by atoms with E-state index in [1.165, 1.54) is 0 Å². The van der Waals surface area contributed by atoms with Crippen LogP contribution in [-0.2, 0) is 30.2 Å². The summed E-state index contributed by atoms with van der Waals surface area (Å²) in [6.45, 7) is 2.16. The first-order valence-corrected chi connectivity index (χ1v) is 8.03. The van der Waals surface area contributed by atoms with Crippen molar-refractivity contribution >= 4 is 23.5 Å². The van der Waals surface area contributed by atoms with E-state index in [1.807, 2.05) is 0 Å². The van der Waals surface area contributed by atoms with E-state index in [2.05, 4.69) is 5.92 Å². The zero-order valence-electron chi connectivity index (χ0n) is 13.4. The topological polar surface area (TPSA) is 61.8 Å². The van der Waals surface area contributed by atoms with Gasteiger partial charge < -0.3 is 14.2 Å². The molecule has 1 saturated heterocycles. The highest BCUT2D eigenvalue weighted by Gasteiger charge is 2.56. The van der Waals surface area contributed by atoms with Gasteiger partial charge in [0.15, 0.2) is 5.41 Å². The second-order valence-corrected chi connectivity index (χ2v) is 5.99. The Labute approximate surface area is 146 Å². The molecule has 0 N–H and O–H groups in total. The Bertz CT molecular complexity index is 634. The normalized spacial score (nSPS) is 22.7. The highest BCUT2D eigenvalue weighted by Crippen LogP contribution is 2.39. The fraction of sp³-hybridized carbons (Fsp3) is 0.444. The van der Waals surface area contributed by atoms with E-state index in [4.69, 9.17) is 32.2 Å². The number of cyclic esters (lactones) is 1. The average Bonchev–Trinajstić information content (AvgIpc) is 2.87. The third-order valence-corrected chi connectivity index (χ3v) is 4.07. The van der Waals surface area contributed by atoms with Crippen LogP contribution in [-0.4, -0.2) is 37.9 Å². The third-order valence-electron chi connectivity index (χ3n) is 3.82. The molecule has 0 aliphatic carbocycles. The van der Waals surface area contributed by atoms with Crippen LogP contribution >= 0.6 is 11.6 Å². The molecule has 5 nitrogen and oxygen atoms in total. The van der Waals surface area contributed by atoms with E-state index in [0.717, 1.165) is 5.56 Å². The van der Waals surface area contributed by atoms with Crippen molar-refractivity contribution in [3.05, 3.63) is 34.9 Å². The SMILES string of the molecule is C#CCOCC1CC(Cc2ccc(Cl)cc2)(C(=O)OCC)C(=O)O1. The predicted molar refractivity (Wildman–Crippen MR) is 88.4 cm³/mol. The number of carbonyl (C=O) groups excluding carboxylic acids is 2. The van der Waals surface area contributed by atoms with Crippen LogP contribution in [0.5, 0.6) is 0 Å². The monoisotopic (exact) mass is 350 g/mol. The van der Waals surface area contributed by atoms with Crippen molar-refractivity contribution in [1.29, 1.82) is 0 Å². The molecule has 128 valence electrons. The number of esters is 2. The molecule has 2 atom stereocenters. The van der Waals surface area contributed by atoms with Crippen molar-refractivity contribution in [2.75, 3.05) is 19.8 Å². The molecule has 0 aromatic heterocycles. The average molecular weight is 351 g/mol. The number of terminal acetylenes is 1. The number of hydrogen-bond acceptors (Lipinski definition) is 5. The zero-order valence-corrected chi connectivity index (χ0v) is 14.2. The molecule has 6 heteroatoms. The quantitative estimate of drug-likeness (QED) is 0.327. The molecule has 1 heterocycles. The van der Waals surface area contributed by atoms with Gasteiger partial charge in [-0.1, -0.05) is 29.7 Å². The predicted octanol–water partition coefficient (Wildman–Crippen LogP) is 2.40. The zero-order chi connectivity index (χ0) is 17.6. The van der Waals surface area contributed by atoms with Crippen LogP contribution in [0.4, 0.5) is 0 Å². The molecule has 2 rings (SSSR count). The fourth-order valence-electron chi connectivity index (χ4n) is 2.72. The molecule has 1 aromatic carbocycles. The first-order chi connectivity index (χ1) is 11.5. The Morgan fingerprint density at radius 2 is 2.17 bits per heavy atom. The Morgan fingerprint density at radius 1 is 1.46 bits per heavy atom. The van der Waals surface area contributed by atoms with Crippen LogP contribution in [0.1, 0.15) is 18.9 Å². The van der Waals surface area contributed by atoms with E-state index in [9.17, 15) is 9.59 Å². The van der Waals surface area contributed by atoms with Gasteiger partial charge in [-0.15, -0.1) is 6.42 Å². The van der Waals surface area contributed by atoms with Gasteiger partial charge in [-0.2, -0.15) is 0 Å². The van der Waals surface area contributed by atoms with Crippen molar-refractivity contribution in [3.63, 3.8) is 0 Å². The number of rotatable bonds is 7. The molecular weight excluding hydrogens is 332 g/mol. The third kappa shape index (κ3) is 4.08. The summed E-state index contributed by atoms with van der Waals surface area (Å²) in [6, 6.07) is 6.98. The molecule has 0 radical (unpaired) electrons. The molecule has 1 aliphatic heterocycles. The molecule has 1 aromatic rings. The van der Waals surface area contributed by atoms with Crippen molar-refractivity contribution in [2.45, 2.75) is 25.9 Å². The standard InChI is InChI=1S/C18H19ClO5/c1-3-9-22-12-15-11-18(17(21)24-15,16(20)23-4-2)10-13-5-7-14(19)8-6-13/h1,5-8,15H,4,9-12H2,2H3. The Morgan fingerprint density at radius 3 is 2.79 bits per heavy atom. The van der Waals surface area contributed by atoms with Crippen LogP contribution in [0.3, 0.4) is 0 Å². The summed E-state index contributed by atoms with van der Waals surface area (Å²) in [4.78, 5) is 25.0. The molecule has 0 bridgehead atoms. The molecule has 0 saturated carbocycles. The molecule has 0 amide bonds. The summed E-state index contributed by atoms with van der Waals surface area (Å²) < 4.78 is 15.7. The summed E-state index contributed by atoms with van der Waals surface area (Å²) in [5.74, 6) is 1.17.